The first-order valence-electron chi connectivity index (χ1n) is 4.04. The summed E-state index contributed by atoms with van der Waals surface area (Å²) in [6, 6.07) is -0.177. The van der Waals surface area contributed by atoms with E-state index in [2.05, 4.69) is 9.97 Å². The molecule has 1 aromatic rings. The second-order valence-corrected chi connectivity index (χ2v) is 2.84. The molecule has 72 valence electrons. The van der Waals surface area contributed by atoms with E-state index in [4.69, 9.17) is 10.5 Å². The molecule has 0 aliphatic rings. The van der Waals surface area contributed by atoms with Crippen LogP contribution in [0.4, 0.5) is 0 Å². The number of hydrogen-bond donors (Lipinski definition) is 2. The van der Waals surface area contributed by atoms with Crippen LogP contribution in [0.3, 0.4) is 0 Å². The lowest BCUT2D eigenvalue weighted by Crippen LogP contribution is -2.29. The molecular weight excluding hydrogens is 170 g/mol. The van der Waals surface area contributed by atoms with Crippen molar-refractivity contribution in [1.82, 2.24) is 9.97 Å². The van der Waals surface area contributed by atoms with Crippen LogP contribution in [0.25, 0.3) is 0 Å². The van der Waals surface area contributed by atoms with Gasteiger partial charge in [-0.1, -0.05) is 0 Å². The molecule has 3 N–H and O–H groups in total. The Balaban J connectivity index is 2.25. The fraction of sp³-hybridized carbons (Fsp3) is 0.500. The van der Waals surface area contributed by atoms with Crippen LogP contribution in [-0.4, -0.2) is 28.6 Å². The van der Waals surface area contributed by atoms with Crippen molar-refractivity contribution in [2.24, 2.45) is 5.73 Å². The van der Waals surface area contributed by atoms with E-state index in [1.807, 2.05) is 0 Å². The average molecular weight is 183 g/mol. The molecule has 0 bridgehead atoms. The van der Waals surface area contributed by atoms with Gasteiger partial charge in [-0.25, -0.2) is 4.98 Å². The maximum Gasteiger partial charge on any atom is 0.302 e. The number of imidazole rings is 1. The number of nitrogens with one attached hydrogen (secondary N) is 1. The SMILES string of the molecule is CC(=O)OCC(N)Cc1cnc[nH]1. The first kappa shape index (κ1) is 9.73. The summed E-state index contributed by atoms with van der Waals surface area (Å²) in [5, 5.41) is 0. The molecule has 0 fully saturated rings. The lowest BCUT2D eigenvalue weighted by atomic mass is 10.2. The minimum Gasteiger partial charge on any atom is -0.464 e. The van der Waals surface area contributed by atoms with Gasteiger partial charge in [0.1, 0.15) is 6.61 Å². The van der Waals surface area contributed by atoms with Crippen LogP contribution < -0.4 is 5.73 Å². The number of aromatic amines is 1. The van der Waals surface area contributed by atoms with Crippen LogP contribution in [0.2, 0.25) is 0 Å². The van der Waals surface area contributed by atoms with E-state index in [0.717, 1.165) is 5.69 Å². The molecule has 1 rings (SSSR count). The smallest absolute Gasteiger partial charge is 0.302 e. The number of nitrogens with zero attached hydrogens (tertiary/aromatic N) is 1. The molecule has 13 heavy (non-hydrogen) atoms. The molecule has 0 aliphatic heterocycles. The van der Waals surface area contributed by atoms with Gasteiger partial charge in [0.2, 0.25) is 0 Å². The third-order valence-electron chi connectivity index (χ3n) is 1.54. The van der Waals surface area contributed by atoms with Crippen LogP contribution in [0.1, 0.15) is 12.6 Å². The maximum absolute atomic E-state index is 10.5. The Kier molecular flexibility index (Phi) is 3.45. The molecule has 0 spiro atoms. The molecule has 0 saturated carbocycles. The molecule has 1 aromatic heterocycles. The van der Waals surface area contributed by atoms with Crippen LogP contribution in [0.5, 0.6) is 0 Å². The molecule has 1 atom stereocenters. The van der Waals surface area contributed by atoms with Crippen molar-refractivity contribution in [3.63, 3.8) is 0 Å². The van der Waals surface area contributed by atoms with E-state index >= 15 is 0 Å². The summed E-state index contributed by atoms with van der Waals surface area (Å²) in [5.41, 5.74) is 6.63. The first-order valence-corrected chi connectivity index (χ1v) is 4.04. The van der Waals surface area contributed by atoms with E-state index in [1.165, 1.54) is 6.92 Å². The fourth-order valence-corrected chi connectivity index (χ4v) is 0.962. The Hall–Kier alpha value is -1.36. The van der Waals surface area contributed by atoms with Gasteiger partial charge < -0.3 is 15.5 Å². The van der Waals surface area contributed by atoms with Gasteiger partial charge in [-0.2, -0.15) is 0 Å². The number of carbonyl (C=O) groups excluding carboxylic acids is 1. The number of H-pyrrole nitrogens is 1. The molecule has 0 radical (unpaired) electrons. The Labute approximate surface area is 76.3 Å². The maximum atomic E-state index is 10.5. The minimum atomic E-state index is -0.305. The predicted octanol–water partition coefficient (Wildman–Crippen LogP) is -0.157. The van der Waals surface area contributed by atoms with Gasteiger partial charge in [0.15, 0.2) is 0 Å². The number of aromatic nitrogens is 2. The predicted molar refractivity (Wildman–Crippen MR) is 46.9 cm³/mol. The van der Waals surface area contributed by atoms with Gasteiger partial charge in [0, 0.05) is 31.3 Å². The number of hydrogen-bond acceptors (Lipinski definition) is 4. The van der Waals surface area contributed by atoms with Gasteiger partial charge in [0.25, 0.3) is 0 Å². The van der Waals surface area contributed by atoms with Crippen molar-refractivity contribution in [2.75, 3.05) is 6.61 Å². The van der Waals surface area contributed by atoms with Gasteiger partial charge in [0.05, 0.1) is 6.33 Å². The van der Waals surface area contributed by atoms with Crippen LogP contribution in [0, 0.1) is 0 Å². The van der Waals surface area contributed by atoms with Gasteiger partial charge in [-0.15, -0.1) is 0 Å². The zero-order valence-corrected chi connectivity index (χ0v) is 7.49. The molecule has 1 unspecified atom stereocenters. The monoisotopic (exact) mass is 183 g/mol. The van der Waals surface area contributed by atoms with Crippen molar-refractivity contribution < 1.29 is 9.53 Å². The largest absolute Gasteiger partial charge is 0.464 e. The number of carbonyl (C=O) groups is 1. The number of nitrogens with two attached hydrogens (primary N) is 1. The lowest BCUT2D eigenvalue weighted by molar-refractivity contribution is -0.141. The van der Waals surface area contributed by atoms with Crippen LogP contribution >= 0.6 is 0 Å². The van der Waals surface area contributed by atoms with Gasteiger partial charge in [-0.3, -0.25) is 4.79 Å². The summed E-state index contributed by atoms with van der Waals surface area (Å²) in [6.45, 7) is 1.61. The molecule has 0 aromatic carbocycles. The second kappa shape index (κ2) is 4.61. The van der Waals surface area contributed by atoms with E-state index in [9.17, 15) is 4.79 Å². The summed E-state index contributed by atoms with van der Waals surface area (Å²) in [5.74, 6) is -0.305. The fourth-order valence-electron chi connectivity index (χ4n) is 0.962. The van der Waals surface area contributed by atoms with Gasteiger partial charge in [-0.05, 0) is 0 Å². The third-order valence-corrected chi connectivity index (χ3v) is 1.54. The quantitative estimate of drug-likeness (QED) is 0.636. The number of ether oxygens (including phenoxy) is 1. The van der Waals surface area contributed by atoms with E-state index in [0.29, 0.717) is 6.42 Å². The Bertz CT molecular complexity index is 258. The summed E-state index contributed by atoms with van der Waals surface area (Å²) < 4.78 is 4.75. The Morgan fingerprint density at radius 1 is 1.85 bits per heavy atom. The molecule has 5 heteroatoms. The zero-order valence-electron chi connectivity index (χ0n) is 7.49. The summed E-state index contributed by atoms with van der Waals surface area (Å²) >= 11 is 0. The molecule has 5 nitrogen and oxygen atoms in total. The molecule has 1 heterocycles. The van der Waals surface area contributed by atoms with E-state index < -0.39 is 0 Å². The molecular formula is C8H13N3O2. The topological polar surface area (TPSA) is 81.0 Å². The van der Waals surface area contributed by atoms with Crippen molar-refractivity contribution in [3.05, 3.63) is 18.2 Å². The van der Waals surface area contributed by atoms with Crippen molar-refractivity contribution in [3.8, 4) is 0 Å². The Morgan fingerprint density at radius 3 is 3.15 bits per heavy atom. The summed E-state index contributed by atoms with van der Waals surface area (Å²) in [4.78, 5) is 17.2. The summed E-state index contributed by atoms with van der Waals surface area (Å²) in [6.07, 6.45) is 3.93. The summed E-state index contributed by atoms with van der Waals surface area (Å²) in [7, 11) is 0. The average Bonchev–Trinajstić information content (AvgIpc) is 2.53. The standard InChI is InChI=1S/C8H13N3O2/c1-6(12)13-4-7(9)2-8-3-10-5-11-8/h3,5,7H,2,4,9H2,1H3,(H,10,11). The van der Waals surface area contributed by atoms with Crippen LogP contribution in [-0.2, 0) is 16.0 Å². The van der Waals surface area contributed by atoms with Gasteiger partial charge >= 0.3 is 5.97 Å². The molecule has 0 aliphatic carbocycles. The molecule has 0 saturated heterocycles. The van der Waals surface area contributed by atoms with E-state index in [-0.39, 0.29) is 18.6 Å². The normalized spacial score (nSPS) is 12.5. The second-order valence-electron chi connectivity index (χ2n) is 2.84. The van der Waals surface area contributed by atoms with Crippen molar-refractivity contribution in [1.29, 1.82) is 0 Å². The highest BCUT2D eigenvalue weighted by Gasteiger charge is 2.06. The first-order chi connectivity index (χ1) is 6.18. The van der Waals surface area contributed by atoms with E-state index in [1.54, 1.807) is 12.5 Å². The highest BCUT2D eigenvalue weighted by atomic mass is 16.5. The highest BCUT2D eigenvalue weighted by molar-refractivity contribution is 5.65. The number of rotatable bonds is 4. The minimum absolute atomic E-state index is 0.177. The highest BCUT2D eigenvalue weighted by Crippen LogP contribution is 1.96. The Morgan fingerprint density at radius 2 is 2.62 bits per heavy atom. The lowest BCUT2D eigenvalue weighted by Gasteiger charge is -2.09. The zero-order chi connectivity index (χ0) is 9.68. The van der Waals surface area contributed by atoms with Crippen LogP contribution in [0.15, 0.2) is 12.5 Å². The van der Waals surface area contributed by atoms with Crippen molar-refractivity contribution >= 4 is 5.97 Å². The number of esters is 1. The molecule has 0 amide bonds. The third kappa shape index (κ3) is 3.71. The van der Waals surface area contributed by atoms with Crippen molar-refractivity contribution in [2.45, 2.75) is 19.4 Å².